The Morgan fingerprint density at radius 2 is 2.05 bits per heavy atom. The van der Waals surface area contributed by atoms with Crippen LogP contribution in [-0.2, 0) is 11.3 Å². The van der Waals surface area contributed by atoms with Gasteiger partial charge < -0.3 is 15.1 Å². The van der Waals surface area contributed by atoms with Gasteiger partial charge in [-0.25, -0.2) is 4.39 Å². The molecule has 1 aliphatic rings. The van der Waals surface area contributed by atoms with Crippen molar-refractivity contribution in [3.63, 3.8) is 0 Å². The number of benzene rings is 1. The minimum Gasteiger partial charge on any atom is -0.355 e. The van der Waals surface area contributed by atoms with Crippen LogP contribution in [0.2, 0.25) is 0 Å². The van der Waals surface area contributed by atoms with Crippen molar-refractivity contribution < 1.29 is 9.18 Å². The molecule has 1 fully saturated rings. The molecule has 0 spiro atoms. The van der Waals surface area contributed by atoms with Gasteiger partial charge in [0, 0.05) is 37.9 Å². The zero-order valence-electron chi connectivity index (χ0n) is 13.2. The Bertz CT molecular complexity index is 530. The van der Waals surface area contributed by atoms with Gasteiger partial charge in [-0.1, -0.05) is 13.0 Å². The lowest BCUT2D eigenvalue weighted by Gasteiger charge is -2.46. The summed E-state index contributed by atoms with van der Waals surface area (Å²) in [5, 5.41) is 3.17. The van der Waals surface area contributed by atoms with Crippen LogP contribution < -0.4 is 10.2 Å². The molecule has 1 aromatic carbocycles. The van der Waals surface area contributed by atoms with Crippen LogP contribution in [0.15, 0.2) is 18.2 Å². The van der Waals surface area contributed by atoms with Crippen molar-refractivity contribution in [2.75, 3.05) is 31.6 Å². The average molecular weight is 293 g/mol. The van der Waals surface area contributed by atoms with Crippen molar-refractivity contribution in [3.05, 3.63) is 29.6 Å². The predicted octanol–water partition coefficient (Wildman–Crippen LogP) is 1.99. The monoisotopic (exact) mass is 293 g/mol. The van der Waals surface area contributed by atoms with E-state index in [1.807, 2.05) is 38.8 Å². The minimum atomic E-state index is -0.665. The quantitative estimate of drug-likeness (QED) is 0.922. The Balaban J connectivity index is 2.41. The first-order valence-electron chi connectivity index (χ1n) is 7.41. The van der Waals surface area contributed by atoms with E-state index in [0.717, 1.165) is 12.2 Å². The molecule has 1 heterocycles. The van der Waals surface area contributed by atoms with E-state index < -0.39 is 5.54 Å². The molecule has 0 aliphatic carbocycles. The van der Waals surface area contributed by atoms with Gasteiger partial charge in [-0.05, 0) is 32.5 Å². The summed E-state index contributed by atoms with van der Waals surface area (Å²) in [5.41, 5.74) is 0.772. The zero-order valence-corrected chi connectivity index (χ0v) is 13.2. The van der Waals surface area contributed by atoms with Gasteiger partial charge in [0.05, 0.1) is 0 Å². The molecule has 4 nitrogen and oxygen atoms in total. The van der Waals surface area contributed by atoms with Crippen LogP contribution >= 0.6 is 0 Å². The first kappa shape index (κ1) is 15.8. The maximum Gasteiger partial charge on any atom is 0.247 e. The topological polar surface area (TPSA) is 35.6 Å². The Hall–Kier alpha value is -1.62. The molecule has 0 bridgehead atoms. The molecule has 0 aromatic heterocycles. The third-order valence-electron chi connectivity index (χ3n) is 4.14. The third-order valence-corrected chi connectivity index (χ3v) is 4.14. The van der Waals surface area contributed by atoms with Crippen molar-refractivity contribution in [2.24, 2.45) is 0 Å². The molecule has 1 aromatic rings. The van der Waals surface area contributed by atoms with Crippen LogP contribution in [0.1, 0.15) is 26.3 Å². The van der Waals surface area contributed by atoms with E-state index in [1.165, 1.54) is 6.07 Å². The maximum atomic E-state index is 14.2. The number of halogens is 1. The standard InChI is InChI=1S/C16H24FN3O/c1-5-18-11-12-13(17)7-6-8-14(12)20-10-9-19(4)15(21)16(20,2)3/h6-8,18H,5,9-11H2,1-4H3. The van der Waals surface area contributed by atoms with Gasteiger partial charge in [0.25, 0.3) is 0 Å². The van der Waals surface area contributed by atoms with Crippen LogP contribution in [0.4, 0.5) is 10.1 Å². The van der Waals surface area contributed by atoms with Crippen LogP contribution in [0.5, 0.6) is 0 Å². The number of anilines is 1. The summed E-state index contributed by atoms with van der Waals surface area (Å²) >= 11 is 0. The molecular formula is C16H24FN3O. The highest BCUT2D eigenvalue weighted by Gasteiger charge is 2.41. The zero-order chi connectivity index (χ0) is 15.6. The van der Waals surface area contributed by atoms with Gasteiger partial charge in [-0.2, -0.15) is 0 Å². The number of hydrogen-bond donors (Lipinski definition) is 1. The van der Waals surface area contributed by atoms with E-state index in [9.17, 15) is 9.18 Å². The number of carbonyl (C=O) groups excluding carboxylic acids is 1. The fourth-order valence-electron chi connectivity index (χ4n) is 2.86. The van der Waals surface area contributed by atoms with Crippen LogP contribution in [0.25, 0.3) is 0 Å². The van der Waals surface area contributed by atoms with Crippen LogP contribution in [0, 0.1) is 5.82 Å². The van der Waals surface area contributed by atoms with Crippen molar-refractivity contribution in [3.8, 4) is 0 Å². The lowest BCUT2D eigenvalue weighted by atomic mass is 9.95. The molecule has 1 amide bonds. The number of piperazine rings is 1. The van der Waals surface area contributed by atoms with E-state index in [4.69, 9.17) is 0 Å². The number of nitrogens with zero attached hydrogens (tertiary/aromatic N) is 2. The highest BCUT2D eigenvalue weighted by Crippen LogP contribution is 2.32. The van der Waals surface area contributed by atoms with Crippen molar-refractivity contribution >= 4 is 11.6 Å². The lowest BCUT2D eigenvalue weighted by Crippen LogP contribution is -2.62. The van der Waals surface area contributed by atoms with E-state index in [0.29, 0.717) is 25.2 Å². The molecule has 1 N–H and O–H groups in total. The molecule has 5 heteroatoms. The van der Waals surface area contributed by atoms with Gasteiger partial charge in [0.15, 0.2) is 0 Å². The second-order valence-corrected chi connectivity index (χ2v) is 5.96. The van der Waals surface area contributed by atoms with Crippen molar-refractivity contribution in [2.45, 2.75) is 32.9 Å². The summed E-state index contributed by atoms with van der Waals surface area (Å²) in [6.07, 6.45) is 0. The van der Waals surface area contributed by atoms with Crippen molar-refractivity contribution in [1.82, 2.24) is 10.2 Å². The molecule has 1 saturated heterocycles. The number of likely N-dealkylation sites (N-methyl/N-ethyl adjacent to an activating group) is 1. The highest BCUT2D eigenvalue weighted by molar-refractivity contribution is 5.90. The SMILES string of the molecule is CCNCc1c(F)cccc1N1CCN(C)C(=O)C1(C)C. The normalized spacial score (nSPS) is 18.2. The number of amides is 1. The summed E-state index contributed by atoms with van der Waals surface area (Å²) in [4.78, 5) is 16.2. The second kappa shape index (κ2) is 6.02. The first-order valence-corrected chi connectivity index (χ1v) is 7.41. The lowest BCUT2D eigenvalue weighted by molar-refractivity contribution is -0.136. The van der Waals surface area contributed by atoms with Gasteiger partial charge in [0.2, 0.25) is 5.91 Å². The molecule has 0 radical (unpaired) electrons. The molecule has 0 saturated carbocycles. The Morgan fingerprint density at radius 1 is 1.33 bits per heavy atom. The Kier molecular flexibility index (Phi) is 4.52. The largest absolute Gasteiger partial charge is 0.355 e. The molecule has 0 unspecified atom stereocenters. The second-order valence-electron chi connectivity index (χ2n) is 5.96. The number of hydrogen-bond acceptors (Lipinski definition) is 3. The van der Waals surface area contributed by atoms with E-state index in [-0.39, 0.29) is 11.7 Å². The van der Waals surface area contributed by atoms with E-state index in [1.54, 1.807) is 11.0 Å². The van der Waals surface area contributed by atoms with Gasteiger partial charge >= 0.3 is 0 Å². The Labute approximate surface area is 125 Å². The molecule has 21 heavy (non-hydrogen) atoms. The fraction of sp³-hybridized carbons (Fsp3) is 0.562. The molecule has 116 valence electrons. The highest BCUT2D eigenvalue weighted by atomic mass is 19.1. The van der Waals surface area contributed by atoms with Gasteiger partial charge in [-0.3, -0.25) is 4.79 Å². The number of rotatable bonds is 4. The fourth-order valence-corrected chi connectivity index (χ4v) is 2.86. The number of nitrogens with one attached hydrogen (secondary N) is 1. The first-order chi connectivity index (χ1) is 9.89. The van der Waals surface area contributed by atoms with Gasteiger partial charge in [0.1, 0.15) is 11.4 Å². The molecule has 2 rings (SSSR count). The summed E-state index contributed by atoms with van der Waals surface area (Å²) in [6.45, 7) is 8.38. The summed E-state index contributed by atoms with van der Waals surface area (Å²) in [7, 11) is 1.81. The molecular weight excluding hydrogens is 269 g/mol. The number of carbonyl (C=O) groups is 1. The predicted molar refractivity (Wildman–Crippen MR) is 82.8 cm³/mol. The van der Waals surface area contributed by atoms with E-state index >= 15 is 0 Å². The van der Waals surface area contributed by atoms with Crippen LogP contribution in [0.3, 0.4) is 0 Å². The average Bonchev–Trinajstić information content (AvgIpc) is 2.44. The smallest absolute Gasteiger partial charge is 0.247 e. The summed E-state index contributed by atoms with van der Waals surface area (Å²) < 4.78 is 14.2. The Morgan fingerprint density at radius 3 is 2.71 bits per heavy atom. The third kappa shape index (κ3) is 2.88. The maximum absolute atomic E-state index is 14.2. The van der Waals surface area contributed by atoms with E-state index in [2.05, 4.69) is 5.32 Å². The summed E-state index contributed by atoms with van der Waals surface area (Å²) in [6, 6.07) is 5.08. The molecule has 0 atom stereocenters. The van der Waals surface area contributed by atoms with Crippen molar-refractivity contribution in [1.29, 1.82) is 0 Å². The summed E-state index contributed by atoms with van der Waals surface area (Å²) in [5.74, 6) is -0.164. The van der Waals surface area contributed by atoms with Gasteiger partial charge in [-0.15, -0.1) is 0 Å². The van der Waals surface area contributed by atoms with Crippen LogP contribution in [-0.4, -0.2) is 43.0 Å². The molecule has 1 aliphatic heterocycles. The minimum absolute atomic E-state index is 0.0624.